The normalized spacial score (nSPS) is 22.7. The molecule has 1 fully saturated rings. The molecule has 0 bridgehead atoms. The minimum Gasteiger partial charge on any atom is -0.341 e. The Balaban J connectivity index is 2.57. The fourth-order valence-electron chi connectivity index (χ4n) is 1.53. The number of hydrogen-bond acceptors (Lipinski definition) is 2. The number of hydrogen-bond donors (Lipinski definition) is 0. The molecule has 0 aromatic carbocycles. The van der Waals surface area contributed by atoms with Crippen LogP contribution in [0.25, 0.3) is 0 Å². The molecule has 0 aromatic rings. The molecule has 1 rings (SSSR count). The van der Waals surface area contributed by atoms with Crippen LogP contribution in [0.4, 0.5) is 0 Å². The molecular weight excluding hydrogens is 168 g/mol. The van der Waals surface area contributed by atoms with Crippen LogP contribution in [0.15, 0.2) is 12.7 Å². The fourth-order valence-corrected chi connectivity index (χ4v) is 1.53. The lowest BCUT2D eigenvalue weighted by Crippen LogP contribution is -2.53. The molecule has 1 aliphatic heterocycles. The number of amides is 2. The summed E-state index contributed by atoms with van der Waals surface area (Å²) in [5, 5.41) is 0. The van der Waals surface area contributed by atoms with Gasteiger partial charge in [0, 0.05) is 25.7 Å². The summed E-state index contributed by atoms with van der Waals surface area (Å²) >= 11 is 0. The lowest BCUT2D eigenvalue weighted by Gasteiger charge is -2.37. The van der Waals surface area contributed by atoms with E-state index < -0.39 is 0 Å². The molecule has 1 atom stereocenters. The number of rotatable bonds is 2. The van der Waals surface area contributed by atoms with Crippen molar-refractivity contribution >= 4 is 12.3 Å². The molecule has 0 spiro atoms. The summed E-state index contributed by atoms with van der Waals surface area (Å²) in [7, 11) is 0. The van der Waals surface area contributed by atoms with E-state index in [9.17, 15) is 9.59 Å². The van der Waals surface area contributed by atoms with Crippen LogP contribution in [-0.4, -0.2) is 47.8 Å². The van der Waals surface area contributed by atoms with Crippen molar-refractivity contribution in [3.8, 4) is 0 Å². The second kappa shape index (κ2) is 4.07. The zero-order valence-electron chi connectivity index (χ0n) is 7.77. The van der Waals surface area contributed by atoms with Crippen molar-refractivity contribution in [3.63, 3.8) is 0 Å². The number of carbonyl (C=O) groups is 2. The Bertz CT molecular complexity index is 228. The molecule has 1 saturated heterocycles. The van der Waals surface area contributed by atoms with Crippen LogP contribution < -0.4 is 0 Å². The van der Waals surface area contributed by atoms with Crippen LogP contribution in [0, 0.1) is 0 Å². The average Bonchev–Trinajstić information content (AvgIpc) is 2.16. The van der Waals surface area contributed by atoms with Gasteiger partial charge in [0.1, 0.15) is 0 Å². The zero-order chi connectivity index (χ0) is 9.84. The first-order chi connectivity index (χ1) is 6.19. The standard InChI is InChI=1S/C9H14N2O2/c1-3-9(13)11-5-4-10(7-12)6-8(11)2/h3,7-8H,1,4-6H2,2H3/t8-/m1/s1. The highest BCUT2D eigenvalue weighted by Crippen LogP contribution is 2.08. The van der Waals surface area contributed by atoms with Gasteiger partial charge in [-0.3, -0.25) is 9.59 Å². The van der Waals surface area contributed by atoms with Crippen LogP contribution in [0.1, 0.15) is 6.92 Å². The third-order valence-electron chi connectivity index (χ3n) is 2.27. The summed E-state index contributed by atoms with van der Waals surface area (Å²) in [6.45, 7) is 7.20. The lowest BCUT2D eigenvalue weighted by molar-refractivity contribution is -0.133. The minimum atomic E-state index is -0.0574. The number of piperazine rings is 1. The topological polar surface area (TPSA) is 40.6 Å². The van der Waals surface area contributed by atoms with Crippen molar-refractivity contribution in [1.82, 2.24) is 9.80 Å². The van der Waals surface area contributed by atoms with Crippen molar-refractivity contribution < 1.29 is 9.59 Å². The van der Waals surface area contributed by atoms with Gasteiger partial charge in [0.2, 0.25) is 12.3 Å². The predicted octanol–water partition coefficient (Wildman–Crippen LogP) is -0.139. The third kappa shape index (κ3) is 2.08. The highest BCUT2D eigenvalue weighted by atomic mass is 16.2. The van der Waals surface area contributed by atoms with Crippen LogP contribution in [0.5, 0.6) is 0 Å². The second-order valence-corrected chi connectivity index (χ2v) is 3.19. The van der Waals surface area contributed by atoms with Gasteiger partial charge in [0.25, 0.3) is 0 Å². The van der Waals surface area contributed by atoms with E-state index >= 15 is 0 Å². The molecule has 0 aromatic heterocycles. The first kappa shape index (κ1) is 9.77. The summed E-state index contributed by atoms with van der Waals surface area (Å²) in [5.41, 5.74) is 0. The molecule has 0 unspecified atom stereocenters. The summed E-state index contributed by atoms with van der Waals surface area (Å²) in [4.78, 5) is 25.1. The molecule has 0 aliphatic carbocycles. The molecular formula is C9H14N2O2. The van der Waals surface area contributed by atoms with Gasteiger partial charge in [0.05, 0.1) is 0 Å². The van der Waals surface area contributed by atoms with E-state index in [4.69, 9.17) is 0 Å². The smallest absolute Gasteiger partial charge is 0.246 e. The monoisotopic (exact) mass is 182 g/mol. The van der Waals surface area contributed by atoms with Gasteiger partial charge in [-0.25, -0.2) is 0 Å². The minimum absolute atomic E-state index is 0.0574. The molecule has 0 N–H and O–H groups in total. The van der Waals surface area contributed by atoms with E-state index in [0.29, 0.717) is 19.6 Å². The van der Waals surface area contributed by atoms with Crippen molar-refractivity contribution in [3.05, 3.63) is 12.7 Å². The molecule has 0 radical (unpaired) electrons. The van der Waals surface area contributed by atoms with Gasteiger partial charge < -0.3 is 9.80 Å². The summed E-state index contributed by atoms with van der Waals surface area (Å²) in [6, 6.07) is 0.0875. The number of nitrogens with zero attached hydrogens (tertiary/aromatic N) is 2. The molecule has 1 aliphatic rings. The fraction of sp³-hybridized carbons (Fsp3) is 0.556. The maximum Gasteiger partial charge on any atom is 0.246 e. The Kier molecular flexibility index (Phi) is 3.06. The van der Waals surface area contributed by atoms with Gasteiger partial charge in [-0.05, 0) is 13.0 Å². The van der Waals surface area contributed by atoms with E-state index in [2.05, 4.69) is 6.58 Å². The van der Waals surface area contributed by atoms with Crippen molar-refractivity contribution in [2.45, 2.75) is 13.0 Å². The van der Waals surface area contributed by atoms with Crippen LogP contribution in [0.3, 0.4) is 0 Å². The second-order valence-electron chi connectivity index (χ2n) is 3.19. The van der Waals surface area contributed by atoms with Gasteiger partial charge in [-0.2, -0.15) is 0 Å². The molecule has 0 saturated carbocycles. The zero-order valence-corrected chi connectivity index (χ0v) is 7.77. The first-order valence-corrected chi connectivity index (χ1v) is 4.31. The first-order valence-electron chi connectivity index (χ1n) is 4.31. The van der Waals surface area contributed by atoms with Crippen LogP contribution >= 0.6 is 0 Å². The number of carbonyl (C=O) groups excluding carboxylic acids is 2. The highest BCUT2D eigenvalue weighted by Gasteiger charge is 2.24. The Morgan fingerprint density at radius 3 is 2.69 bits per heavy atom. The Labute approximate surface area is 77.8 Å². The van der Waals surface area contributed by atoms with Gasteiger partial charge >= 0.3 is 0 Å². The SMILES string of the molecule is C=CC(=O)N1CCN(C=O)C[C@H]1C. The molecule has 72 valence electrons. The Morgan fingerprint density at radius 1 is 1.54 bits per heavy atom. The van der Waals surface area contributed by atoms with E-state index in [1.165, 1.54) is 6.08 Å². The third-order valence-corrected chi connectivity index (χ3v) is 2.27. The van der Waals surface area contributed by atoms with Gasteiger partial charge in [-0.15, -0.1) is 0 Å². The molecule has 13 heavy (non-hydrogen) atoms. The molecule has 4 heteroatoms. The van der Waals surface area contributed by atoms with E-state index in [-0.39, 0.29) is 11.9 Å². The van der Waals surface area contributed by atoms with Gasteiger partial charge in [0.15, 0.2) is 0 Å². The molecule has 1 heterocycles. The Hall–Kier alpha value is -1.32. The maximum absolute atomic E-state index is 11.3. The summed E-state index contributed by atoms with van der Waals surface area (Å²) < 4.78 is 0. The summed E-state index contributed by atoms with van der Waals surface area (Å²) in [5.74, 6) is -0.0574. The largest absolute Gasteiger partial charge is 0.341 e. The highest BCUT2D eigenvalue weighted by molar-refractivity contribution is 5.87. The van der Waals surface area contributed by atoms with E-state index in [1.54, 1.807) is 9.80 Å². The van der Waals surface area contributed by atoms with E-state index in [0.717, 1.165) is 6.41 Å². The Morgan fingerprint density at radius 2 is 2.23 bits per heavy atom. The van der Waals surface area contributed by atoms with Crippen molar-refractivity contribution in [2.75, 3.05) is 19.6 Å². The quantitative estimate of drug-likeness (QED) is 0.440. The average molecular weight is 182 g/mol. The van der Waals surface area contributed by atoms with Crippen LogP contribution in [0.2, 0.25) is 0 Å². The van der Waals surface area contributed by atoms with Crippen LogP contribution in [-0.2, 0) is 9.59 Å². The predicted molar refractivity (Wildman–Crippen MR) is 49.0 cm³/mol. The summed E-state index contributed by atoms with van der Waals surface area (Å²) in [6.07, 6.45) is 2.14. The van der Waals surface area contributed by atoms with Crippen molar-refractivity contribution in [2.24, 2.45) is 0 Å². The van der Waals surface area contributed by atoms with E-state index in [1.807, 2.05) is 6.92 Å². The van der Waals surface area contributed by atoms with Gasteiger partial charge in [-0.1, -0.05) is 6.58 Å². The van der Waals surface area contributed by atoms with Crippen molar-refractivity contribution in [1.29, 1.82) is 0 Å². The lowest BCUT2D eigenvalue weighted by atomic mass is 10.2. The maximum atomic E-state index is 11.3. The molecule has 2 amide bonds. The molecule has 4 nitrogen and oxygen atoms in total.